The molecular weight excluding hydrogens is 1550 g/mol. The second-order valence-electron chi connectivity index (χ2n) is 29.2. The number of benzene rings is 5. The molecule has 0 atom stereocenters. The van der Waals surface area contributed by atoms with Gasteiger partial charge in [-0.25, -0.2) is 62.4 Å². The van der Waals surface area contributed by atoms with Crippen LogP contribution in [0, 0.1) is 44.0 Å². The monoisotopic (exact) mass is 1630 g/mol. The number of rotatable bonds is 21. The van der Waals surface area contributed by atoms with Crippen molar-refractivity contribution < 1.29 is 41.2 Å². The Morgan fingerprint density at radius 2 is 0.777 bits per heavy atom. The van der Waals surface area contributed by atoms with Gasteiger partial charge in [0.2, 0.25) is 29.7 Å². The van der Waals surface area contributed by atoms with Gasteiger partial charge >= 0.3 is 0 Å². The first-order valence-corrected chi connectivity index (χ1v) is 39.5. The fourth-order valence-electron chi connectivity index (χ4n) is 15.6. The number of nitrogens with two attached hydrogens (primary N) is 4. The molecule has 5 aromatic carbocycles. The van der Waals surface area contributed by atoms with E-state index in [1.165, 1.54) is 24.3 Å². The number of pyridine rings is 2. The Morgan fingerprint density at radius 3 is 1.14 bits per heavy atom. The Morgan fingerprint density at radius 1 is 0.397 bits per heavy atom. The van der Waals surface area contributed by atoms with E-state index < -0.39 is 0 Å². The van der Waals surface area contributed by atoms with Gasteiger partial charge < -0.3 is 67.9 Å². The lowest BCUT2D eigenvalue weighted by Crippen LogP contribution is -2.10. The highest BCUT2D eigenvalue weighted by Crippen LogP contribution is 2.38. The van der Waals surface area contributed by atoms with Crippen LogP contribution >= 0.6 is 0 Å². The number of imidazole rings is 4. The Labute approximate surface area is 691 Å². The van der Waals surface area contributed by atoms with Crippen molar-refractivity contribution in [1.82, 2.24) is 77.2 Å². The molecule has 29 nitrogen and oxygen atoms in total. The largest absolute Gasteiger partial charge is 0.493 e. The van der Waals surface area contributed by atoms with Crippen LogP contribution in [0.5, 0.6) is 28.9 Å². The predicted molar refractivity (Wildman–Crippen MR) is 450 cm³/mol. The molecule has 0 spiro atoms. The number of fused-ring (bicyclic) bond motifs is 8. The summed E-state index contributed by atoms with van der Waals surface area (Å²) in [7, 11) is 3.45. The summed E-state index contributed by atoms with van der Waals surface area (Å²) in [4.78, 5) is 45.9. The number of anilines is 4. The number of ether oxygens (including phenoxy) is 5. The summed E-state index contributed by atoms with van der Waals surface area (Å²) in [5, 5.41) is 17.3. The maximum absolute atomic E-state index is 14.5. The van der Waals surface area contributed by atoms with E-state index in [1.807, 2.05) is 99.7 Å². The van der Waals surface area contributed by atoms with E-state index in [1.54, 1.807) is 79.3 Å². The molecule has 0 saturated heterocycles. The van der Waals surface area contributed by atoms with E-state index in [-0.39, 0.29) is 29.8 Å². The number of nitrogens with zero attached hydrogens (tertiary/aromatic N) is 16. The Hall–Kier alpha value is -14.2. The second-order valence-corrected chi connectivity index (χ2v) is 29.2. The van der Waals surface area contributed by atoms with Gasteiger partial charge in [0.25, 0.3) is 0 Å². The Balaban J connectivity index is 0.000000115. The molecule has 20 rings (SSSR count). The van der Waals surface area contributed by atoms with Crippen LogP contribution in [0.4, 0.5) is 41.4 Å². The fraction of sp³-hybridized carbons (Fsp3) is 0.239. The minimum atomic E-state index is -0.261. The molecule has 0 fully saturated rings. The lowest BCUT2D eigenvalue weighted by molar-refractivity contribution is 0.356. The molecule has 0 aliphatic carbocycles. The van der Waals surface area contributed by atoms with Crippen LogP contribution in [0.15, 0.2) is 165 Å². The normalized spacial score (nSPS) is 12.8. The van der Waals surface area contributed by atoms with E-state index >= 15 is 0 Å². The maximum Gasteiger partial charge on any atom is 0.213 e. The zero-order chi connectivity index (χ0) is 83.5. The van der Waals surface area contributed by atoms with E-state index in [2.05, 4.69) is 90.3 Å². The van der Waals surface area contributed by atoms with E-state index in [0.717, 1.165) is 141 Å². The van der Waals surface area contributed by atoms with Crippen molar-refractivity contribution in [1.29, 1.82) is 0 Å². The SMILES string of the molecule is COc1ccc(-c2cnc(NCc3c(F)ccc4c3CCO4)n3cc(CN)nc23)c(C)n1.Cc1cccc(-c2cnc(NCc3c(F)ccc4c3CCO4)n3cc(CN)nc23)c1.Cc1ncccc1-c1cnc(NCc2c(F)ccc3c2CCO3)n2cc(CN)nc12.Cn1nccc1-c1cnc(NCc2c(F)ccc3c2CCO3)n2cc(CN)nc12. The van der Waals surface area contributed by atoms with Gasteiger partial charge in [0, 0.05) is 237 Å². The summed E-state index contributed by atoms with van der Waals surface area (Å²) < 4.78 is 94.7. The molecule has 16 aromatic rings. The van der Waals surface area contributed by atoms with Crippen molar-refractivity contribution >= 4 is 46.4 Å². The standard InChI is InChI=1S/C23H23FN6O2.C23H22FN5O.C22H21FN6O.C20H20FN7O/c1-13-15(3-6-21(28-13)31-2)18-11-27-23(30-12-14(9-25)29-22(18)30)26-10-17-16-7-8-32-20(16)5-4-19(17)24;1-14-3-2-4-15(9-14)18-11-26-23(29-13-16(10-25)28-22(18)29)27-12-19-17-7-8-30-21(17)6-5-20(19)24;1-13-15(3-2-7-25-13)18-11-27-22(29-12-14(9-24)28-21(18)29)26-10-17-16-6-8-30-20(16)5-4-19(17)23;1-27-17(4-6-25-27)15-10-24-20(28-11-12(8-22)26-19(15)28)23-9-14-13-5-7-29-18(13)3-2-16(14)21/h3-6,11-12H,7-10,25H2,1-2H3,(H,26,27);2-6,9,11,13H,7-8,10,12,25H2,1H3,(H,26,27);2-5,7,11-12H,6,8-10,24H2,1H3,(H,26,27);2-4,6,10-11H,5,7-9,22H2,1H3,(H,23,24). The van der Waals surface area contributed by atoms with Crippen LogP contribution in [0.2, 0.25) is 0 Å². The average molecular weight is 1640 g/mol. The quantitative estimate of drug-likeness (QED) is 0.0310. The van der Waals surface area contributed by atoms with Gasteiger partial charge in [-0.15, -0.1) is 0 Å². The summed E-state index contributed by atoms with van der Waals surface area (Å²) in [6.45, 7) is 10.6. The minimum Gasteiger partial charge on any atom is -0.493 e. The number of aryl methyl sites for hydroxylation is 4. The van der Waals surface area contributed by atoms with Crippen molar-refractivity contribution in [3.63, 3.8) is 0 Å². The zero-order valence-electron chi connectivity index (χ0n) is 66.9. The van der Waals surface area contributed by atoms with Gasteiger partial charge in [-0.3, -0.25) is 27.3 Å². The molecule has 121 heavy (non-hydrogen) atoms. The first kappa shape index (κ1) is 79.3. The predicted octanol–water partition coefficient (Wildman–Crippen LogP) is 12.6. The highest BCUT2D eigenvalue weighted by Gasteiger charge is 2.27. The van der Waals surface area contributed by atoms with E-state index in [0.29, 0.717) is 161 Å². The first-order chi connectivity index (χ1) is 59.0. The maximum atomic E-state index is 14.5. The number of aromatic nitrogens is 16. The van der Waals surface area contributed by atoms with Crippen LogP contribution in [-0.2, 0) is 85.1 Å². The summed E-state index contributed by atoms with van der Waals surface area (Å²) in [6.07, 6.45) is 20.8. The summed E-state index contributed by atoms with van der Waals surface area (Å²) in [5.41, 5.74) is 45.4. The summed E-state index contributed by atoms with van der Waals surface area (Å²) in [6, 6.07) is 30.3. The van der Waals surface area contributed by atoms with Gasteiger partial charge in [-0.1, -0.05) is 35.9 Å². The van der Waals surface area contributed by atoms with Gasteiger partial charge in [0.05, 0.1) is 67.6 Å². The zero-order valence-corrected chi connectivity index (χ0v) is 66.9. The van der Waals surface area contributed by atoms with Crippen molar-refractivity contribution in [3.05, 3.63) is 273 Å². The van der Waals surface area contributed by atoms with Gasteiger partial charge in [0.1, 0.15) is 63.2 Å². The molecule has 0 saturated carbocycles. The molecule has 616 valence electrons. The molecule has 0 amide bonds. The summed E-state index contributed by atoms with van der Waals surface area (Å²) >= 11 is 0. The van der Waals surface area contributed by atoms with Crippen molar-refractivity contribution in [2.75, 3.05) is 54.8 Å². The van der Waals surface area contributed by atoms with E-state index in [9.17, 15) is 17.6 Å². The highest BCUT2D eigenvalue weighted by molar-refractivity contribution is 5.82. The third kappa shape index (κ3) is 15.9. The van der Waals surface area contributed by atoms with Crippen LogP contribution in [0.25, 0.3) is 67.2 Å². The minimum absolute atomic E-state index is 0.243. The number of hydrogen-bond acceptors (Lipinski definition) is 24. The lowest BCUT2D eigenvalue weighted by Gasteiger charge is -2.13. The molecule has 0 unspecified atom stereocenters. The summed E-state index contributed by atoms with van der Waals surface area (Å²) in [5.74, 6) is 4.81. The smallest absolute Gasteiger partial charge is 0.213 e. The third-order valence-corrected chi connectivity index (χ3v) is 21.7. The third-order valence-electron chi connectivity index (χ3n) is 21.7. The Kier molecular flexibility index (Phi) is 22.6. The molecule has 4 aliphatic heterocycles. The topological polar surface area (TPSA) is 363 Å². The molecule has 0 bridgehead atoms. The highest BCUT2D eigenvalue weighted by atomic mass is 19.1. The molecule has 33 heteroatoms. The lowest BCUT2D eigenvalue weighted by atomic mass is 10.0. The average Bonchev–Trinajstić information content (AvgIpc) is 1.66. The van der Waals surface area contributed by atoms with Crippen LogP contribution < -0.4 is 67.9 Å². The molecule has 12 N–H and O–H groups in total. The number of halogens is 4. The van der Waals surface area contributed by atoms with E-state index in [4.69, 9.17) is 51.6 Å². The van der Waals surface area contributed by atoms with Gasteiger partial charge in [0.15, 0.2) is 5.65 Å². The first-order valence-electron chi connectivity index (χ1n) is 39.5. The second kappa shape index (κ2) is 34.4. The van der Waals surface area contributed by atoms with Crippen LogP contribution in [-0.4, -0.2) is 111 Å². The molecular formula is C88H86F4N24O5. The van der Waals surface area contributed by atoms with Crippen LogP contribution in [0.1, 0.15) is 84.2 Å². The number of hydrogen-bond donors (Lipinski definition) is 8. The molecule has 4 aliphatic rings. The Bertz CT molecular complexity index is 6600. The number of nitrogens with one attached hydrogen (secondary N) is 4. The van der Waals surface area contributed by atoms with Crippen molar-refractivity contribution in [2.45, 2.75) is 98.8 Å². The fourth-order valence-corrected chi connectivity index (χ4v) is 15.6. The molecule has 11 aromatic heterocycles. The molecule has 0 radical (unpaired) electrons. The van der Waals surface area contributed by atoms with Crippen molar-refractivity contribution in [3.8, 4) is 73.5 Å². The van der Waals surface area contributed by atoms with Gasteiger partial charge in [-0.2, -0.15) is 5.10 Å². The van der Waals surface area contributed by atoms with Crippen molar-refractivity contribution in [2.24, 2.45) is 30.0 Å². The molecule has 15 heterocycles. The van der Waals surface area contributed by atoms with Crippen LogP contribution in [0.3, 0.4) is 0 Å². The number of methoxy groups -OCH3 is 1. The van der Waals surface area contributed by atoms with Gasteiger partial charge in [-0.05, 0) is 93.1 Å².